The van der Waals surface area contributed by atoms with Gasteiger partial charge < -0.3 is 9.47 Å². The maximum absolute atomic E-state index is 11.9. The van der Waals surface area contributed by atoms with E-state index in [1.54, 1.807) is 7.11 Å². The summed E-state index contributed by atoms with van der Waals surface area (Å²) in [5.74, 6) is -0.00227. The zero-order valence-corrected chi connectivity index (χ0v) is 11.0. The Labute approximate surface area is 97.8 Å². The third-order valence-electron chi connectivity index (χ3n) is 3.58. The van der Waals surface area contributed by atoms with Crippen LogP contribution in [0.5, 0.6) is 0 Å². The molecule has 1 aliphatic heterocycles. The number of methoxy groups -OCH3 is 1. The van der Waals surface area contributed by atoms with E-state index in [0.717, 1.165) is 5.57 Å². The molecule has 0 N–H and O–H groups in total. The average Bonchev–Trinajstić information content (AvgIpc) is 2.23. The molecule has 0 bridgehead atoms. The van der Waals surface area contributed by atoms with Crippen LogP contribution in [0.1, 0.15) is 34.6 Å². The quantitative estimate of drug-likeness (QED) is 0.536. The molecule has 92 valence electrons. The smallest absolute Gasteiger partial charge is 0.314 e. The van der Waals surface area contributed by atoms with Crippen molar-refractivity contribution < 1.29 is 14.3 Å². The number of hydrogen-bond donors (Lipinski definition) is 0. The number of ether oxygens (including phenoxy) is 2. The number of carbonyl (C=O) groups is 1. The van der Waals surface area contributed by atoms with Crippen LogP contribution in [0.4, 0.5) is 0 Å². The van der Waals surface area contributed by atoms with Gasteiger partial charge in [0.2, 0.25) is 0 Å². The van der Waals surface area contributed by atoms with Crippen molar-refractivity contribution >= 4 is 5.97 Å². The maximum atomic E-state index is 11.9. The predicted octanol–water partition coefficient (Wildman–Crippen LogP) is 2.56. The summed E-state index contributed by atoms with van der Waals surface area (Å²) in [7, 11) is 1.66. The summed E-state index contributed by atoms with van der Waals surface area (Å²) in [5, 5.41) is 0. The minimum absolute atomic E-state index is 0.103. The Bertz CT molecular complexity index is 304. The van der Waals surface area contributed by atoms with E-state index in [9.17, 15) is 4.79 Å². The normalized spacial score (nSPS) is 34.8. The Balaban J connectivity index is 3.03. The van der Waals surface area contributed by atoms with Crippen LogP contribution in [0.15, 0.2) is 11.6 Å². The molecule has 0 spiro atoms. The van der Waals surface area contributed by atoms with Gasteiger partial charge in [0.25, 0.3) is 0 Å². The molecule has 1 rings (SSSR count). The molecule has 0 saturated carbocycles. The molecule has 0 aromatic rings. The van der Waals surface area contributed by atoms with Crippen molar-refractivity contribution in [1.82, 2.24) is 0 Å². The van der Waals surface area contributed by atoms with Crippen molar-refractivity contribution in [3.05, 3.63) is 11.6 Å². The summed E-state index contributed by atoms with van der Waals surface area (Å²) in [5.41, 5.74) is 0.511. The lowest BCUT2D eigenvalue weighted by atomic mass is 9.74. The topological polar surface area (TPSA) is 35.5 Å². The Morgan fingerprint density at radius 3 is 2.50 bits per heavy atom. The van der Waals surface area contributed by atoms with Gasteiger partial charge in [0, 0.05) is 13.0 Å². The first-order valence-electron chi connectivity index (χ1n) is 5.73. The molecule has 3 atom stereocenters. The van der Waals surface area contributed by atoms with E-state index in [0.29, 0.717) is 0 Å². The zero-order valence-electron chi connectivity index (χ0n) is 11.0. The number of hydrogen-bond acceptors (Lipinski definition) is 3. The van der Waals surface area contributed by atoms with Crippen molar-refractivity contribution in [1.29, 1.82) is 0 Å². The van der Waals surface area contributed by atoms with Crippen LogP contribution in [0.3, 0.4) is 0 Å². The molecule has 0 aliphatic carbocycles. The predicted molar refractivity (Wildman–Crippen MR) is 63.1 cm³/mol. The SMILES string of the molecule is C/C=C(\C)[C@@H]1OC(=O)C(C)(C)[C@@H](OC)[C@H]1C. The summed E-state index contributed by atoms with van der Waals surface area (Å²) in [4.78, 5) is 11.9. The maximum Gasteiger partial charge on any atom is 0.314 e. The van der Waals surface area contributed by atoms with Gasteiger partial charge in [-0.05, 0) is 33.3 Å². The Morgan fingerprint density at radius 2 is 2.06 bits per heavy atom. The lowest BCUT2D eigenvalue weighted by Crippen LogP contribution is -2.54. The number of carbonyl (C=O) groups excluding carboxylic acids is 1. The van der Waals surface area contributed by atoms with Gasteiger partial charge in [-0.25, -0.2) is 0 Å². The van der Waals surface area contributed by atoms with Crippen LogP contribution in [0.2, 0.25) is 0 Å². The van der Waals surface area contributed by atoms with Gasteiger partial charge in [0.1, 0.15) is 6.10 Å². The molecule has 0 aromatic heterocycles. The van der Waals surface area contributed by atoms with Gasteiger partial charge in [0.15, 0.2) is 0 Å². The van der Waals surface area contributed by atoms with Gasteiger partial charge in [-0.2, -0.15) is 0 Å². The highest BCUT2D eigenvalue weighted by atomic mass is 16.6. The van der Waals surface area contributed by atoms with Crippen LogP contribution in [-0.2, 0) is 14.3 Å². The first-order valence-corrected chi connectivity index (χ1v) is 5.73. The average molecular weight is 226 g/mol. The van der Waals surface area contributed by atoms with Gasteiger partial charge in [-0.15, -0.1) is 0 Å². The minimum Gasteiger partial charge on any atom is -0.457 e. The fourth-order valence-electron chi connectivity index (χ4n) is 2.49. The molecule has 1 heterocycles. The lowest BCUT2D eigenvalue weighted by molar-refractivity contribution is -0.191. The van der Waals surface area contributed by atoms with Crippen LogP contribution in [-0.4, -0.2) is 25.3 Å². The summed E-state index contributed by atoms with van der Waals surface area (Å²) in [6.45, 7) is 9.76. The molecule has 0 radical (unpaired) electrons. The highest BCUT2D eigenvalue weighted by Gasteiger charge is 2.50. The van der Waals surface area contributed by atoms with E-state index in [4.69, 9.17) is 9.47 Å². The van der Waals surface area contributed by atoms with Gasteiger partial charge in [-0.1, -0.05) is 13.0 Å². The van der Waals surface area contributed by atoms with Crippen molar-refractivity contribution in [2.75, 3.05) is 7.11 Å². The highest BCUT2D eigenvalue weighted by Crippen LogP contribution is 2.39. The number of cyclic esters (lactones) is 1. The number of esters is 1. The second-order valence-corrected chi connectivity index (χ2v) is 5.10. The molecule has 16 heavy (non-hydrogen) atoms. The largest absolute Gasteiger partial charge is 0.457 e. The molecule has 1 aliphatic rings. The van der Waals surface area contributed by atoms with Crippen LogP contribution < -0.4 is 0 Å². The van der Waals surface area contributed by atoms with E-state index >= 15 is 0 Å². The standard InChI is InChI=1S/C13H22O3/c1-7-8(2)10-9(3)11(15-6)13(4,5)12(14)16-10/h7,9-11H,1-6H3/b8-7+/t9-,10-,11-/m0/s1. The second-order valence-electron chi connectivity index (χ2n) is 5.10. The molecular weight excluding hydrogens is 204 g/mol. The summed E-state index contributed by atoms with van der Waals surface area (Å²) in [6.07, 6.45) is 1.73. The first kappa shape index (κ1) is 13.2. The fraction of sp³-hybridized carbons (Fsp3) is 0.769. The van der Waals surface area contributed by atoms with E-state index in [1.807, 2.05) is 33.8 Å². The van der Waals surface area contributed by atoms with E-state index in [-0.39, 0.29) is 24.1 Å². The van der Waals surface area contributed by atoms with Crippen molar-refractivity contribution in [3.63, 3.8) is 0 Å². The van der Waals surface area contributed by atoms with E-state index in [2.05, 4.69) is 6.92 Å². The van der Waals surface area contributed by atoms with Gasteiger partial charge in [-0.3, -0.25) is 4.79 Å². The molecular formula is C13H22O3. The Hall–Kier alpha value is -0.830. The Kier molecular flexibility index (Phi) is 3.79. The van der Waals surface area contributed by atoms with Gasteiger partial charge in [0.05, 0.1) is 11.5 Å². The third-order valence-corrected chi connectivity index (χ3v) is 3.58. The first-order chi connectivity index (χ1) is 7.36. The van der Waals surface area contributed by atoms with Gasteiger partial charge >= 0.3 is 5.97 Å². The third kappa shape index (κ3) is 2.01. The number of rotatable bonds is 2. The molecule has 3 nitrogen and oxygen atoms in total. The molecule has 0 unspecified atom stereocenters. The van der Waals surface area contributed by atoms with Crippen LogP contribution in [0, 0.1) is 11.3 Å². The molecule has 3 heteroatoms. The highest BCUT2D eigenvalue weighted by molar-refractivity contribution is 5.78. The van der Waals surface area contributed by atoms with Crippen LogP contribution >= 0.6 is 0 Å². The minimum atomic E-state index is -0.571. The summed E-state index contributed by atoms with van der Waals surface area (Å²) >= 11 is 0. The second kappa shape index (κ2) is 4.58. The van der Waals surface area contributed by atoms with Crippen molar-refractivity contribution in [2.45, 2.75) is 46.8 Å². The van der Waals surface area contributed by atoms with E-state index < -0.39 is 5.41 Å². The summed E-state index contributed by atoms with van der Waals surface area (Å²) in [6, 6.07) is 0. The molecule has 1 saturated heterocycles. The number of allylic oxidation sites excluding steroid dienone is 1. The van der Waals surface area contributed by atoms with Crippen molar-refractivity contribution in [3.8, 4) is 0 Å². The molecule has 0 amide bonds. The van der Waals surface area contributed by atoms with Crippen molar-refractivity contribution in [2.24, 2.45) is 11.3 Å². The molecule has 0 aromatic carbocycles. The summed E-state index contributed by atoms with van der Waals surface area (Å²) < 4.78 is 11.0. The zero-order chi connectivity index (χ0) is 12.5. The monoisotopic (exact) mass is 226 g/mol. The lowest BCUT2D eigenvalue weighted by Gasteiger charge is -2.44. The molecule has 1 fully saturated rings. The fourth-order valence-corrected chi connectivity index (χ4v) is 2.49. The Morgan fingerprint density at radius 1 is 1.50 bits per heavy atom. The van der Waals surface area contributed by atoms with Crippen LogP contribution in [0.25, 0.3) is 0 Å². The van der Waals surface area contributed by atoms with E-state index in [1.165, 1.54) is 0 Å².